The highest BCUT2D eigenvalue weighted by Gasteiger charge is 2.62. The third-order valence-corrected chi connectivity index (χ3v) is 9.18. The molecule has 3 saturated carbocycles. The van der Waals surface area contributed by atoms with Gasteiger partial charge in [0.05, 0.1) is 11.2 Å². The summed E-state index contributed by atoms with van der Waals surface area (Å²) >= 11 is 4.91. The summed E-state index contributed by atoms with van der Waals surface area (Å²) in [6.45, 7) is 8.00. The molecule has 29 heavy (non-hydrogen) atoms. The van der Waals surface area contributed by atoms with Crippen molar-refractivity contribution in [1.82, 2.24) is 0 Å². The number of ether oxygens (including phenoxy) is 1. The van der Waals surface area contributed by atoms with E-state index >= 15 is 0 Å². The van der Waals surface area contributed by atoms with Gasteiger partial charge in [-0.05, 0) is 86.3 Å². The third kappa shape index (κ3) is 3.25. The van der Waals surface area contributed by atoms with Gasteiger partial charge in [-0.3, -0.25) is 9.59 Å². The Kier molecular flexibility index (Phi) is 5.36. The molecular weight excluding hydrogens is 382 g/mol. The number of Topliss-reactive ketones (excluding diaryl/α,β-unsaturated/α-hetero) is 1. The molecule has 0 N–H and O–H groups in total. The molecule has 0 heterocycles. The molecule has 8 atom stereocenters. The number of allylic oxidation sites excluding steroid dienone is 1. The highest BCUT2D eigenvalue weighted by atomic mass is 32.1. The number of hydrogen-bond acceptors (Lipinski definition) is 5. The van der Waals surface area contributed by atoms with E-state index < -0.39 is 0 Å². The van der Waals surface area contributed by atoms with E-state index in [0.29, 0.717) is 17.8 Å². The average molecular weight is 416 g/mol. The van der Waals surface area contributed by atoms with E-state index in [-0.39, 0.29) is 40.6 Å². The zero-order chi connectivity index (χ0) is 21.0. The second-order valence-electron chi connectivity index (χ2n) is 10.4. The van der Waals surface area contributed by atoms with Gasteiger partial charge in [-0.1, -0.05) is 25.5 Å². The minimum atomic E-state index is -0.173. The molecule has 3 fully saturated rings. The topological polar surface area (TPSA) is 55.7 Å². The van der Waals surface area contributed by atoms with E-state index in [1.807, 2.05) is 0 Å². The number of thiocarbonyl (C=S) groups is 1. The highest BCUT2D eigenvalue weighted by Crippen LogP contribution is 2.66. The van der Waals surface area contributed by atoms with Crippen LogP contribution in [-0.2, 0) is 14.3 Å². The molecule has 0 aromatic rings. The molecule has 158 valence electrons. The standard InChI is InChI=1S/C24H33NO3S/c1-14(26)22-21(25-13-29)12-20-18-6-5-16-11-17(28-15(2)27)7-9-23(16,3)19(18)8-10-24(20,22)4/h5,17-22H,6-12H2,1-4H3/t17-,18-,19+,20-,21-,22+,23-,24-/m0/s1. The summed E-state index contributed by atoms with van der Waals surface area (Å²) in [7, 11) is 0. The minimum absolute atomic E-state index is 0.00312. The van der Waals surface area contributed by atoms with Gasteiger partial charge in [-0.2, -0.15) is 0 Å². The number of nitrogens with zero attached hydrogens (tertiary/aromatic N) is 1. The van der Waals surface area contributed by atoms with Crippen molar-refractivity contribution < 1.29 is 14.3 Å². The van der Waals surface area contributed by atoms with Gasteiger partial charge in [0, 0.05) is 19.3 Å². The van der Waals surface area contributed by atoms with Crippen LogP contribution in [0.25, 0.3) is 0 Å². The van der Waals surface area contributed by atoms with Crippen LogP contribution in [0.4, 0.5) is 0 Å². The highest BCUT2D eigenvalue weighted by molar-refractivity contribution is 7.78. The van der Waals surface area contributed by atoms with Crippen LogP contribution in [0.5, 0.6) is 0 Å². The van der Waals surface area contributed by atoms with Crippen molar-refractivity contribution in [2.45, 2.75) is 84.8 Å². The summed E-state index contributed by atoms with van der Waals surface area (Å²) in [4.78, 5) is 28.5. The first-order valence-corrected chi connectivity index (χ1v) is 11.6. The molecule has 0 unspecified atom stereocenters. The molecule has 0 aromatic carbocycles. The van der Waals surface area contributed by atoms with Crippen LogP contribution < -0.4 is 0 Å². The molecule has 0 aliphatic heterocycles. The summed E-state index contributed by atoms with van der Waals surface area (Å²) in [6, 6.07) is -0.00312. The van der Waals surface area contributed by atoms with Crippen LogP contribution in [0.15, 0.2) is 16.6 Å². The second-order valence-corrected chi connectivity index (χ2v) is 10.6. The van der Waals surface area contributed by atoms with E-state index in [2.05, 4.69) is 30.1 Å². The van der Waals surface area contributed by atoms with Crippen LogP contribution in [0.2, 0.25) is 0 Å². The number of carbonyl (C=O) groups excluding carboxylic acids is 2. The van der Waals surface area contributed by atoms with Crippen molar-refractivity contribution in [2.24, 2.45) is 39.5 Å². The summed E-state index contributed by atoms with van der Waals surface area (Å²) in [5.41, 5.74) is 1.71. The molecule has 0 bridgehead atoms. The number of hydrogen-bond donors (Lipinski definition) is 0. The van der Waals surface area contributed by atoms with Crippen molar-refractivity contribution in [3.8, 4) is 0 Å². The van der Waals surface area contributed by atoms with E-state index in [1.165, 1.54) is 18.9 Å². The van der Waals surface area contributed by atoms with Gasteiger partial charge in [0.25, 0.3) is 0 Å². The Bertz CT molecular complexity index is 800. The Morgan fingerprint density at radius 1 is 1.21 bits per heavy atom. The lowest BCUT2D eigenvalue weighted by molar-refractivity contribution is -0.149. The Morgan fingerprint density at radius 2 is 1.97 bits per heavy atom. The molecule has 4 rings (SSSR count). The van der Waals surface area contributed by atoms with E-state index in [4.69, 9.17) is 17.0 Å². The largest absolute Gasteiger partial charge is 0.462 e. The lowest BCUT2D eigenvalue weighted by Gasteiger charge is -2.57. The lowest BCUT2D eigenvalue weighted by atomic mass is 9.47. The molecule has 0 aromatic heterocycles. The van der Waals surface area contributed by atoms with E-state index in [0.717, 1.165) is 38.5 Å². The van der Waals surface area contributed by atoms with Crippen LogP contribution in [-0.4, -0.2) is 29.1 Å². The molecule has 5 heteroatoms. The number of ketones is 1. The molecule has 0 radical (unpaired) electrons. The predicted molar refractivity (Wildman–Crippen MR) is 116 cm³/mol. The quantitative estimate of drug-likeness (QED) is 0.276. The van der Waals surface area contributed by atoms with Crippen molar-refractivity contribution in [3.63, 3.8) is 0 Å². The van der Waals surface area contributed by atoms with Gasteiger partial charge >= 0.3 is 5.97 Å². The number of carbonyl (C=O) groups is 2. The number of esters is 1. The maximum atomic E-state index is 12.6. The zero-order valence-corrected chi connectivity index (χ0v) is 18.9. The average Bonchev–Trinajstić information content (AvgIpc) is 2.94. The summed E-state index contributed by atoms with van der Waals surface area (Å²) in [6.07, 6.45) is 9.68. The molecule has 4 aliphatic rings. The van der Waals surface area contributed by atoms with Gasteiger partial charge in [0.15, 0.2) is 0 Å². The predicted octanol–water partition coefficient (Wildman–Crippen LogP) is 5.17. The van der Waals surface area contributed by atoms with Crippen LogP contribution in [0.3, 0.4) is 0 Å². The number of fused-ring (bicyclic) bond motifs is 5. The lowest BCUT2D eigenvalue weighted by Crippen LogP contribution is -2.51. The smallest absolute Gasteiger partial charge is 0.302 e. The summed E-state index contributed by atoms with van der Waals surface area (Å²) < 4.78 is 5.54. The number of isothiocyanates is 1. The van der Waals surface area contributed by atoms with Crippen LogP contribution in [0.1, 0.15) is 72.6 Å². The van der Waals surface area contributed by atoms with Crippen molar-refractivity contribution >= 4 is 29.1 Å². The minimum Gasteiger partial charge on any atom is -0.462 e. The molecule has 4 aliphatic carbocycles. The Hall–Kier alpha value is -1.32. The van der Waals surface area contributed by atoms with Gasteiger partial charge in [0.1, 0.15) is 11.9 Å². The Labute approximate surface area is 179 Å². The van der Waals surface area contributed by atoms with Crippen molar-refractivity contribution in [3.05, 3.63) is 11.6 Å². The Morgan fingerprint density at radius 3 is 2.62 bits per heavy atom. The van der Waals surface area contributed by atoms with Gasteiger partial charge < -0.3 is 4.74 Å². The fraction of sp³-hybridized carbons (Fsp3) is 0.792. The molecule has 0 saturated heterocycles. The Balaban J connectivity index is 1.63. The summed E-state index contributed by atoms with van der Waals surface area (Å²) in [5, 5.41) is 2.57. The second kappa shape index (κ2) is 7.42. The first-order chi connectivity index (χ1) is 13.7. The summed E-state index contributed by atoms with van der Waals surface area (Å²) in [5.74, 6) is 1.80. The fourth-order valence-corrected chi connectivity index (χ4v) is 8.04. The van der Waals surface area contributed by atoms with Crippen LogP contribution in [0, 0.1) is 34.5 Å². The SMILES string of the molecule is CC(=O)O[C@H]1CC[C@@]2(C)C(=CC[C@H]3[C@H]2CC[C@]2(C)[C@H](C(C)=O)[C@@H](N=C=S)C[C@@H]32)C1. The molecule has 4 nitrogen and oxygen atoms in total. The van der Waals surface area contributed by atoms with Crippen molar-refractivity contribution in [2.75, 3.05) is 0 Å². The first-order valence-electron chi connectivity index (χ1n) is 11.1. The van der Waals surface area contributed by atoms with Gasteiger partial charge in [-0.25, -0.2) is 4.99 Å². The van der Waals surface area contributed by atoms with Crippen molar-refractivity contribution in [1.29, 1.82) is 0 Å². The normalized spacial score (nSPS) is 45.7. The maximum absolute atomic E-state index is 12.6. The maximum Gasteiger partial charge on any atom is 0.302 e. The van der Waals surface area contributed by atoms with E-state index in [1.54, 1.807) is 6.92 Å². The molecule has 0 amide bonds. The fourth-order valence-electron chi connectivity index (χ4n) is 7.91. The first kappa shape index (κ1) is 20.9. The van der Waals surface area contributed by atoms with Gasteiger partial charge in [0.2, 0.25) is 0 Å². The molecular formula is C24H33NO3S. The zero-order valence-electron chi connectivity index (χ0n) is 18.1. The number of rotatable bonds is 3. The van der Waals surface area contributed by atoms with Crippen LogP contribution >= 0.6 is 12.2 Å². The number of aliphatic imine (C=N–C) groups is 1. The monoisotopic (exact) mass is 415 g/mol. The third-order valence-electron chi connectivity index (χ3n) is 9.08. The van der Waals surface area contributed by atoms with Gasteiger partial charge in [-0.15, -0.1) is 0 Å². The van der Waals surface area contributed by atoms with E-state index in [9.17, 15) is 9.59 Å². The molecule has 0 spiro atoms.